The minimum Gasteiger partial charge on any atom is -0.369 e. The van der Waals surface area contributed by atoms with Crippen LogP contribution in [0.25, 0.3) is 0 Å². The number of nitrogens with one attached hydrogen (secondary N) is 1. The number of hydrogen-bond acceptors (Lipinski definition) is 5. The zero-order valence-electron chi connectivity index (χ0n) is 13.9. The summed E-state index contributed by atoms with van der Waals surface area (Å²) in [6, 6.07) is 5.86. The largest absolute Gasteiger partial charge is 0.369 e. The van der Waals surface area contributed by atoms with Gasteiger partial charge in [-0.15, -0.1) is 0 Å². The van der Waals surface area contributed by atoms with E-state index >= 15 is 0 Å². The second kappa shape index (κ2) is 6.71. The molecule has 0 unspecified atom stereocenters. The van der Waals surface area contributed by atoms with Crippen molar-refractivity contribution in [1.29, 1.82) is 5.26 Å². The van der Waals surface area contributed by atoms with Crippen LogP contribution in [0.3, 0.4) is 0 Å². The lowest BCUT2D eigenvalue weighted by Crippen LogP contribution is -2.45. The highest BCUT2D eigenvalue weighted by atomic mass is 16.2. The molecule has 1 aliphatic heterocycles. The third-order valence-electron chi connectivity index (χ3n) is 4.33. The summed E-state index contributed by atoms with van der Waals surface area (Å²) in [5, 5.41) is 16.5. The van der Waals surface area contributed by atoms with Crippen molar-refractivity contribution in [3.63, 3.8) is 0 Å². The molecule has 0 radical (unpaired) electrons. The van der Waals surface area contributed by atoms with E-state index in [0.717, 1.165) is 37.3 Å². The zero-order chi connectivity index (χ0) is 17.1. The average molecular weight is 324 g/mol. The van der Waals surface area contributed by atoms with Crippen molar-refractivity contribution in [1.82, 2.24) is 20.1 Å². The molecular formula is C17H20N6O. The summed E-state index contributed by atoms with van der Waals surface area (Å²) in [4.78, 5) is 18.6. The summed E-state index contributed by atoms with van der Waals surface area (Å²) in [7, 11) is 1.77. The van der Waals surface area contributed by atoms with E-state index in [1.165, 1.54) is 0 Å². The quantitative estimate of drug-likeness (QED) is 0.922. The van der Waals surface area contributed by atoms with Crippen LogP contribution in [-0.2, 0) is 7.05 Å². The molecule has 1 fully saturated rings. The summed E-state index contributed by atoms with van der Waals surface area (Å²) in [5.41, 5.74) is 2.91. The monoisotopic (exact) mass is 324 g/mol. The molecule has 0 saturated carbocycles. The maximum Gasteiger partial charge on any atom is 0.269 e. The van der Waals surface area contributed by atoms with E-state index in [1.807, 2.05) is 6.92 Å². The Kier molecular flexibility index (Phi) is 4.47. The number of amides is 1. The highest BCUT2D eigenvalue weighted by Gasteiger charge is 2.23. The number of rotatable bonds is 3. The lowest BCUT2D eigenvalue weighted by Gasteiger charge is -2.34. The first-order chi connectivity index (χ1) is 11.6. The van der Waals surface area contributed by atoms with Crippen LogP contribution in [0.5, 0.6) is 0 Å². The molecule has 7 nitrogen and oxygen atoms in total. The number of nitrogens with zero attached hydrogens (tertiary/aromatic N) is 5. The van der Waals surface area contributed by atoms with E-state index in [1.54, 1.807) is 36.3 Å². The number of aryl methyl sites for hydroxylation is 2. The van der Waals surface area contributed by atoms with Crippen molar-refractivity contribution in [2.45, 2.75) is 25.8 Å². The average Bonchev–Trinajstić information content (AvgIpc) is 2.94. The molecule has 2 aromatic rings. The molecule has 1 saturated heterocycles. The van der Waals surface area contributed by atoms with Gasteiger partial charge in [-0.1, -0.05) is 0 Å². The van der Waals surface area contributed by atoms with Crippen molar-refractivity contribution in [2.75, 3.05) is 18.0 Å². The minimum absolute atomic E-state index is 0.0874. The Balaban J connectivity index is 1.60. The number of anilines is 1. The molecule has 1 N–H and O–H groups in total. The Labute approximate surface area is 140 Å². The first-order valence-corrected chi connectivity index (χ1v) is 7.99. The van der Waals surface area contributed by atoms with Gasteiger partial charge >= 0.3 is 0 Å². The summed E-state index contributed by atoms with van der Waals surface area (Å²) in [5.74, 6) is -0.0874. The minimum atomic E-state index is -0.0874. The smallest absolute Gasteiger partial charge is 0.269 e. The summed E-state index contributed by atoms with van der Waals surface area (Å²) in [6.45, 7) is 3.45. The van der Waals surface area contributed by atoms with Crippen molar-refractivity contribution in [3.8, 4) is 6.07 Å². The van der Waals surface area contributed by atoms with Crippen molar-refractivity contribution >= 4 is 11.6 Å². The fourth-order valence-corrected chi connectivity index (χ4v) is 3.08. The van der Waals surface area contributed by atoms with Gasteiger partial charge in [0, 0.05) is 32.4 Å². The summed E-state index contributed by atoms with van der Waals surface area (Å²) in [6.07, 6.45) is 5.03. The first-order valence-electron chi connectivity index (χ1n) is 7.99. The molecule has 24 heavy (non-hydrogen) atoms. The van der Waals surface area contributed by atoms with Gasteiger partial charge in [-0.3, -0.25) is 14.5 Å². The van der Waals surface area contributed by atoms with Crippen LogP contribution in [-0.4, -0.2) is 39.8 Å². The number of aromatic nitrogens is 3. The molecule has 0 bridgehead atoms. The molecule has 1 amide bonds. The van der Waals surface area contributed by atoms with Crippen molar-refractivity contribution < 1.29 is 4.79 Å². The van der Waals surface area contributed by atoms with E-state index in [9.17, 15) is 10.1 Å². The van der Waals surface area contributed by atoms with Gasteiger partial charge in [-0.05, 0) is 31.9 Å². The molecule has 124 valence electrons. The topological polar surface area (TPSA) is 86.8 Å². The predicted octanol–water partition coefficient (Wildman–Crippen LogP) is 1.39. The van der Waals surface area contributed by atoms with E-state index in [2.05, 4.69) is 26.4 Å². The number of hydrogen-bond donors (Lipinski definition) is 1. The van der Waals surface area contributed by atoms with Gasteiger partial charge < -0.3 is 10.2 Å². The second-order valence-corrected chi connectivity index (χ2v) is 6.03. The Morgan fingerprint density at radius 2 is 2.17 bits per heavy atom. The maximum absolute atomic E-state index is 12.4. The highest BCUT2D eigenvalue weighted by Crippen LogP contribution is 2.22. The third kappa shape index (κ3) is 3.23. The molecule has 0 spiro atoms. The Morgan fingerprint density at radius 1 is 1.42 bits per heavy atom. The van der Waals surface area contributed by atoms with Crippen LogP contribution in [0.15, 0.2) is 24.5 Å². The molecule has 2 aromatic heterocycles. The Hall–Kier alpha value is -2.88. The van der Waals surface area contributed by atoms with Gasteiger partial charge in [-0.2, -0.15) is 10.4 Å². The zero-order valence-corrected chi connectivity index (χ0v) is 13.9. The molecule has 3 rings (SSSR count). The Bertz CT molecular complexity index is 783. The van der Waals surface area contributed by atoms with Crippen molar-refractivity contribution in [2.24, 2.45) is 7.05 Å². The normalized spacial score (nSPS) is 15.1. The fourth-order valence-electron chi connectivity index (χ4n) is 3.08. The van der Waals surface area contributed by atoms with Gasteiger partial charge in [0.25, 0.3) is 5.91 Å². The maximum atomic E-state index is 12.4. The Morgan fingerprint density at radius 3 is 2.79 bits per heavy atom. The lowest BCUT2D eigenvalue weighted by molar-refractivity contribution is 0.0921. The molecule has 7 heteroatoms. The summed E-state index contributed by atoms with van der Waals surface area (Å²) >= 11 is 0. The molecular weight excluding hydrogens is 304 g/mol. The third-order valence-corrected chi connectivity index (χ3v) is 4.33. The van der Waals surface area contributed by atoms with Crippen molar-refractivity contribution in [3.05, 3.63) is 41.5 Å². The molecule has 3 heterocycles. The number of carbonyl (C=O) groups excluding carboxylic acids is 1. The van der Waals surface area contributed by atoms with Crippen LogP contribution in [0.2, 0.25) is 0 Å². The van der Waals surface area contributed by atoms with Gasteiger partial charge in [-0.25, -0.2) is 0 Å². The number of pyridine rings is 1. The fraction of sp³-hybridized carbons (Fsp3) is 0.412. The van der Waals surface area contributed by atoms with Crippen LogP contribution in [0.1, 0.15) is 34.6 Å². The first kappa shape index (κ1) is 16.0. The van der Waals surface area contributed by atoms with Crippen LogP contribution in [0.4, 0.5) is 5.69 Å². The molecule has 0 aliphatic carbocycles. The second-order valence-electron chi connectivity index (χ2n) is 6.03. The van der Waals surface area contributed by atoms with Gasteiger partial charge in [0.1, 0.15) is 11.8 Å². The van der Waals surface area contributed by atoms with Crippen LogP contribution >= 0.6 is 0 Å². The molecule has 0 atom stereocenters. The van der Waals surface area contributed by atoms with E-state index < -0.39 is 0 Å². The molecule has 0 aromatic carbocycles. The standard InChI is InChI=1S/C17H20N6O/c1-12-9-15(22(2)21-12)17(24)20-14-4-7-23(8-5-14)16-11-19-6-3-13(16)10-18/h3,6,9,11,14H,4-5,7-8H2,1-2H3,(H,20,24). The SMILES string of the molecule is Cc1cc(C(=O)NC2CCN(c3cnccc3C#N)CC2)n(C)n1. The number of carbonyl (C=O) groups is 1. The lowest BCUT2D eigenvalue weighted by atomic mass is 10.0. The van der Waals surface area contributed by atoms with E-state index in [-0.39, 0.29) is 11.9 Å². The van der Waals surface area contributed by atoms with Crippen LogP contribution < -0.4 is 10.2 Å². The van der Waals surface area contributed by atoms with Gasteiger partial charge in [0.15, 0.2) is 0 Å². The van der Waals surface area contributed by atoms with Gasteiger partial charge in [0.05, 0.1) is 23.1 Å². The molecule has 1 aliphatic rings. The van der Waals surface area contributed by atoms with Gasteiger partial charge in [0.2, 0.25) is 0 Å². The number of piperidine rings is 1. The van der Waals surface area contributed by atoms with Crippen LogP contribution in [0, 0.1) is 18.3 Å². The number of nitriles is 1. The summed E-state index contributed by atoms with van der Waals surface area (Å²) < 4.78 is 1.61. The predicted molar refractivity (Wildman–Crippen MR) is 89.6 cm³/mol. The highest BCUT2D eigenvalue weighted by molar-refractivity contribution is 5.92. The van der Waals surface area contributed by atoms with E-state index in [0.29, 0.717) is 11.3 Å². The van der Waals surface area contributed by atoms with E-state index in [4.69, 9.17) is 0 Å².